The zero-order valence-corrected chi connectivity index (χ0v) is 7.83. The molecule has 0 N–H and O–H groups in total. The van der Waals surface area contributed by atoms with Gasteiger partial charge in [-0.3, -0.25) is 0 Å². The molecule has 0 saturated heterocycles. The molecule has 0 amide bonds. The second-order valence-electron chi connectivity index (χ2n) is 4.03. The van der Waals surface area contributed by atoms with Gasteiger partial charge in [-0.15, -0.1) is 0 Å². The van der Waals surface area contributed by atoms with Crippen LogP contribution in [0.5, 0.6) is 0 Å². The molecule has 2 rings (SSSR count). The molecular formula is C10H16N2. The van der Waals surface area contributed by atoms with Gasteiger partial charge in [0.15, 0.2) is 0 Å². The third-order valence-electron chi connectivity index (χ3n) is 2.93. The Morgan fingerprint density at radius 2 is 2.42 bits per heavy atom. The Kier molecular flexibility index (Phi) is 1.91. The van der Waals surface area contributed by atoms with E-state index >= 15 is 0 Å². The molecule has 2 nitrogen and oxygen atoms in total. The molecule has 0 saturated carbocycles. The summed E-state index contributed by atoms with van der Waals surface area (Å²) >= 11 is 0. The van der Waals surface area contributed by atoms with E-state index in [9.17, 15) is 0 Å². The van der Waals surface area contributed by atoms with Gasteiger partial charge in [0.1, 0.15) is 5.82 Å². The fourth-order valence-corrected chi connectivity index (χ4v) is 1.94. The number of aromatic nitrogens is 2. The predicted molar refractivity (Wildman–Crippen MR) is 48.9 cm³/mol. The highest BCUT2D eigenvalue weighted by Gasteiger charge is 2.21. The van der Waals surface area contributed by atoms with E-state index in [4.69, 9.17) is 0 Å². The van der Waals surface area contributed by atoms with E-state index in [2.05, 4.69) is 29.6 Å². The third kappa shape index (κ3) is 1.26. The molecule has 12 heavy (non-hydrogen) atoms. The molecule has 1 aliphatic rings. The van der Waals surface area contributed by atoms with Gasteiger partial charge in [-0.1, -0.05) is 13.8 Å². The van der Waals surface area contributed by atoms with Crippen molar-refractivity contribution in [3.63, 3.8) is 0 Å². The maximum absolute atomic E-state index is 4.35. The molecule has 2 heterocycles. The van der Waals surface area contributed by atoms with Gasteiger partial charge in [-0.05, 0) is 18.3 Å². The summed E-state index contributed by atoms with van der Waals surface area (Å²) in [7, 11) is 0. The topological polar surface area (TPSA) is 17.8 Å². The quantitative estimate of drug-likeness (QED) is 0.621. The minimum atomic E-state index is 0.801. The zero-order valence-electron chi connectivity index (χ0n) is 7.83. The van der Waals surface area contributed by atoms with Crippen LogP contribution in [0.2, 0.25) is 0 Å². The van der Waals surface area contributed by atoms with E-state index in [0.717, 1.165) is 18.4 Å². The molecule has 0 spiro atoms. The summed E-state index contributed by atoms with van der Waals surface area (Å²) in [4.78, 5) is 4.35. The highest BCUT2D eigenvalue weighted by molar-refractivity contribution is 4.97. The Bertz CT molecular complexity index is 263. The summed E-state index contributed by atoms with van der Waals surface area (Å²) in [6.45, 7) is 5.78. The molecule has 0 aliphatic carbocycles. The second-order valence-corrected chi connectivity index (χ2v) is 4.03. The van der Waals surface area contributed by atoms with Crippen molar-refractivity contribution in [3.8, 4) is 0 Å². The van der Waals surface area contributed by atoms with Crippen LogP contribution in [0.15, 0.2) is 12.4 Å². The van der Waals surface area contributed by atoms with Gasteiger partial charge < -0.3 is 4.57 Å². The first kappa shape index (κ1) is 7.84. The van der Waals surface area contributed by atoms with E-state index in [1.165, 1.54) is 18.7 Å². The second kappa shape index (κ2) is 2.92. The molecular weight excluding hydrogens is 148 g/mol. The molecule has 66 valence electrons. The minimum absolute atomic E-state index is 0.801. The lowest BCUT2D eigenvalue weighted by atomic mass is 9.87. The molecule has 0 radical (unpaired) electrons. The molecule has 2 heteroatoms. The average Bonchev–Trinajstić information content (AvgIpc) is 2.49. The normalized spacial score (nSPS) is 22.8. The summed E-state index contributed by atoms with van der Waals surface area (Å²) in [5.41, 5.74) is 0. The van der Waals surface area contributed by atoms with E-state index in [1.54, 1.807) is 0 Å². The Hall–Kier alpha value is -0.790. The first-order chi connectivity index (χ1) is 5.77. The SMILES string of the molecule is CC(C)[C@H]1CCn2ccnc2C1. The Labute approximate surface area is 73.6 Å². The first-order valence-corrected chi connectivity index (χ1v) is 4.77. The van der Waals surface area contributed by atoms with E-state index in [1.807, 2.05) is 6.20 Å². The predicted octanol–water partition coefficient (Wildman–Crippen LogP) is 2.10. The molecule has 0 fully saturated rings. The Morgan fingerprint density at radius 3 is 3.17 bits per heavy atom. The van der Waals surface area contributed by atoms with Crippen molar-refractivity contribution in [1.82, 2.24) is 9.55 Å². The van der Waals surface area contributed by atoms with Gasteiger partial charge in [0, 0.05) is 25.4 Å². The number of hydrogen-bond acceptors (Lipinski definition) is 1. The maximum Gasteiger partial charge on any atom is 0.108 e. The summed E-state index contributed by atoms with van der Waals surface area (Å²) < 4.78 is 2.28. The van der Waals surface area contributed by atoms with Crippen LogP contribution < -0.4 is 0 Å². The van der Waals surface area contributed by atoms with Crippen molar-refractivity contribution in [1.29, 1.82) is 0 Å². The van der Waals surface area contributed by atoms with E-state index < -0.39 is 0 Å². The summed E-state index contributed by atoms with van der Waals surface area (Å²) in [5, 5.41) is 0. The smallest absolute Gasteiger partial charge is 0.108 e. The zero-order chi connectivity index (χ0) is 8.55. The van der Waals surface area contributed by atoms with Crippen molar-refractivity contribution in [2.45, 2.75) is 33.2 Å². The van der Waals surface area contributed by atoms with Gasteiger partial charge in [-0.25, -0.2) is 4.98 Å². The first-order valence-electron chi connectivity index (χ1n) is 4.77. The van der Waals surface area contributed by atoms with Gasteiger partial charge in [0.25, 0.3) is 0 Å². The van der Waals surface area contributed by atoms with Crippen LogP contribution in [0.4, 0.5) is 0 Å². The molecule has 1 aliphatic heterocycles. The monoisotopic (exact) mass is 164 g/mol. The van der Waals surface area contributed by atoms with Crippen molar-refractivity contribution >= 4 is 0 Å². The lowest BCUT2D eigenvalue weighted by Crippen LogP contribution is -2.22. The fourth-order valence-electron chi connectivity index (χ4n) is 1.94. The highest BCUT2D eigenvalue weighted by Crippen LogP contribution is 2.24. The number of rotatable bonds is 1. The third-order valence-corrected chi connectivity index (χ3v) is 2.93. The van der Waals surface area contributed by atoms with E-state index in [0.29, 0.717) is 0 Å². The lowest BCUT2D eigenvalue weighted by Gasteiger charge is -2.26. The van der Waals surface area contributed by atoms with Crippen molar-refractivity contribution in [2.75, 3.05) is 0 Å². The standard InChI is InChI=1S/C10H16N2/c1-8(2)9-3-5-12-6-4-11-10(12)7-9/h4,6,8-9H,3,5,7H2,1-2H3/t9-/m0/s1. The van der Waals surface area contributed by atoms with Crippen molar-refractivity contribution in [3.05, 3.63) is 18.2 Å². The number of imidazole rings is 1. The fraction of sp³-hybridized carbons (Fsp3) is 0.700. The highest BCUT2D eigenvalue weighted by atomic mass is 15.1. The molecule has 1 atom stereocenters. The van der Waals surface area contributed by atoms with Gasteiger partial charge in [-0.2, -0.15) is 0 Å². The largest absolute Gasteiger partial charge is 0.335 e. The lowest BCUT2D eigenvalue weighted by molar-refractivity contribution is 0.298. The van der Waals surface area contributed by atoms with Crippen LogP contribution >= 0.6 is 0 Å². The van der Waals surface area contributed by atoms with Crippen LogP contribution in [0.3, 0.4) is 0 Å². The minimum Gasteiger partial charge on any atom is -0.335 e. The Balaban J connectivity index is 2.15. The summed E-state index contributed by atoms with van der Waals surface area (Å²) in [5.74, 6) is 2.93. The van der Waals surface area contributed by atoms with E-state index in [-0.39, 0.29) is 0 Å². The van der Waals surface area contributed by atoms with Crippen LogP contribution in [-0.2, 0) is 13.0 Å². The Morgan fingerprint density at radius 1 is 1.58 bits per heavy atom. The average molecular weight is 164 g/mol. The number of fused-ring (bicyclic) bond motifs is 1. The summed E-state index contributed by atoms with van der Waals surface area (Å²) in [6, 6.07) is 0. The molecule has 0 unspecified atom stereocenters. The van der Waals surface area contributed by atoms with Crippen LogP contribution in [0.25, 0.3) is 0 Å². The summed E-state index contributed by atoms with van der Waals surface area (Å²) in [6.07, 6.45) is 6.50. The van der Waals surface area contributed by atoms with Gasteiger partial charge in [0.2, 0.25) is 0 Å². The van der Waals surface area contributed by atoms with Crippen LogP contribution in [-0.4, -0.2) is 9.55 Å². The maximum atomic E-state index is 4.35. The number of hydrogen-bond donors (Lipinski definition) is 0. The number of nitrogens with zero attached hydrogens (tertiary/aromatic N) is 2. The molecule has 0 aromatic carbocycles. The molecule has 1 aromatic heterocycles. The van der Waals surface area contributed by atoms with Crippen molar-refractivity contribution in [2.24, 2.45) is 11.8 Å². The number of aryl methyl sites for hydroxylation is 1. The van der Waals surface area contributed by atoms with Crippen LogP contribution in [0, 0.1) is 11.8 Å². The van der Waals surface area contributed by atoms with Crippen LogP contribution in [0.1, 0.15) is 26.1 Å². The van der Waals surface area contributed by atoms with Gasteiger partial charge in [0.05, 0.1) is 0 Å². The van der Waals surface area contributed by atoms with Crippen molar-refractivity contribution < 1.29 is 0 Å². The molecule has 0 bridgehead atoms. The molecule has 1 aromatic rings. The van der Waals surface area contributed by atoms with Gasteiger partial charge >= 0.3 is 0 Å².